The van der Waals surface area contributed by atoms with Crippen LogP contribution in [-0.2, 0) is 4.79 Å². The van der Waals surface area contributed by atoms with E-state index in [1.165, 1.54) is 18.3 Å². The Bertz CT molecular complexity index is 681. The Morgan fingerprint density at radius 3 is 2.35 bits per heavy atom. The van der Waals surface area contributed by atoms with E-state index in [1.807, 2.05) is 13.8 Å². The molecule has 0 bridgehead atoms. The van der Waals surface area contributed by atoms with Gasteiger partial charge in [0.15, 0.2) is 0 Å². The maximum atomic E-state index is 11.7. The van der Waals surface area contributed by atoms with Crippen molar-refractivity contribution in [2.75, 3.05) is 10.6 Å². The zero-order chi connectivity index (χ0) is 16.8. The molecule has 1 aromatic heterocycles. The fourth-order valence-electron chi connectivity index (χ4n) is 1.94. The second-order valence-electron chi connectivity index (χ2n) is 5.51. The van der Waals surface area contributed by atoms with Crippen LogP contribution in [0.5, 0.6) is 0 Å². The lowest BCUT2D eigenvalue weighted by atomic mass is 10.1. The van der Waals surface area contributed by atoms with E-state index >= 15 is 0 Å². The first-order valence-electron chi connectivity index (χ1n) is 7.21. The Balaban J connectivity index is 1.97. The van der Waals surface area contributed by atoms with Crippen LogP contribution >= 0.6 is 0 Å². The van der Waals surface area contributed by atoms with Gasteiger partial charge >= 0.3 is 0 Å². The molecule has 0 atom stereocenters. The van der Waals surface area contributed by atoms with E-state index in [2.05, 4.69) is 15.6 Å². The van der Waals surface area contributed by atoms with Gasteiger partial charge in [-0.05, 0) is 36.2 Å². The Morgan fingerprint density at radius 1 is 1.17 bits per heavy atom. The van der Waals surface area contributed by atoms with Crippen LogP contribution in [0.1, 0.15) is 20.3 Å². The number of rotatable bonds is 6. The van der Waals surface area contributed by atoms with Crippen molar-refractivity contribution in [2.24, 2.45) is 5.92 Å². The molecule has 0 aliphatic heterocycles. The van der Waals surface area contributed by atoms with Gasteiger partial charge in [-0.1, -0.05) is 13.8 Å². The van der Waals surface area contributed by atoms with E-state index in [-0.39, 0.29) is 11.6 Å². The summed E-state index contributed by atoms with van der Waals surface area (Å²) in [6.45, 7) is 3.98. The molecule has 0 aliphatic carbocycles. The highest BCUT2D eigenvalue weighted by Gasteiger charge is 2.07. The van der Waals surface area contributed by atoms with Gasteiger partial charge in [0.05, 0.1) is 4.92 Å². The lowest BCUT2D eigenvalue weighted by Gasteiger charge is -2.09. The van der Waals surface area contributed by atoms with Crippen LogP contribution < -0.4 is 10.6 Å². The first kappa shape index (κ1) is 16.4. The van der Waals surface area contributed by atoms with Crippen LogP contribution in [0, 0.1) is 16.0 Å². The lowest BCUT2D eigenvalue weighted by molar-refractivity contribution is -0.385. The van der Waals surface area contributed by atoms with Crippen LogP contribution in [-0.4, -0.2) is 15.8 Å². The zero-order valence-electron chi connectivity index (χ0n) is 12.9. The van der Waals surface area contributed by atoms with E-state index in [4.69, 9.17) is 0 Å². The molecule has 7 nitrogen and oxygen atoms in total. The molecule has 0 radical (unpaired) electrons. The number of nitrogens with zero attached hydrogens (tertiary/aromatic N) is 2. The van der Waals surface area contributed by atoms with Crippen LogP contribution in [0.25, 0.3) is 0 Å². The molecule has 2 N–H and O–H groups in total. The van der Waals surface area contributed by atoms with Gasteiger partial charge in [-0.3, -0.25) is 14.9 Å². The molecule has 2 aromatic rings. The molecule has 23 heavy (non-hydrogen) atoms. The summed E-state index contributed by atoms with van der Waals surface area (Å²) in [5.74, 6) is 0.800. The van der Waals surface area contributed by atoms with Gasteiger partial charge in [0.2, 0.25) is 5.91 Å². The first-order valence-corrected chi connectivity index (χ1v) is 7.21. The highest BCUT2D eigenvalue weighted by atomic mass is 16.6. The normalized spacial score (nSPS) is 10.4. The summed E-state index contributed by atoms with van der Waals surface area (Å²) >= 11 is 0. The van der Waals surface area contributed by atoms with Gasteiger partial charge in [0.1, 0.15) is 12.0 Å². The van der Waals surface area contributed by atoms with Crippen LogP contribution in [0.15, 0.2) is 42.6 Å². The number of pyridine rings is 1. The Kier molecular flexibility index (Phi) is 5.24. The van der Waals surface area contributed by atoms with E-state index in [0.29, 0.717) is 18.2 Å². The predicted molar refractivity (Wildman–Crippen MR) is 88.7 cm³/mol. The number of nitro groups is 1. The highest BCUT2D eigenvalue weighted by molar-refractivity contribution is 5.91. The number of benzene rings is 1. The van der Waals surface area contributed by atoms with Crippen molar-refractivity contribution in [1.29, 1.82) is 0 Å². The fraction of sp³-hybridized carbons (Fsp3) is 0.250. The number of aromatic nitrogens is 1. The minimum absolute atomic E-state index is 0.0160. The number of hydrogen-bond acceptors (Lipinski definition) is 5. The molecule has 2 rings (SSSR count). The van der Waals surface area contributed by atoms with Crippen molar-refractivity contribution in [3.8, 4) is 0 Å². The van der Waals surface area contributed by atoms with Gasteiger partial charge in [-0.15, -0.1) is 0 Å². The maximum Gasteiger partial charge on any atom is 0.287 e. The third kappa shape index (κ3) is 5.06. The molecule has 1 amide bonds. The monoisotopic (exact) mass is 314 g/mol. The summed E-state index contributed by atoms with van der Waals surface area (Å²) < 4.78 is 0. The van der Waals surface area contributed by atoms with Crippen molar-refractivity contribution in [1.82, 2.24) is 4.98 Å². The molecule has 7 heteroatoms. The average Bonchev–Trinajstić information content (AvgIpc) is 2.49. The SMILES string of the molecule is CC(C)CC(=O)Nc1ccc(Nc2ccc([N+](=O)[O-])cn2)cc1. The van der Waals surface area contributed by atoms with E-state index < -0.39 is 4.92 Å². The summed E-state index contributed by atoms with van der Waals surface area (Å²) in [5.41, 5.74) is 1.44. The zero-order valence-corrected chi connectivity index (χ0v) is 12.9. The summed E-state index contributed by atoms with van der Waals surface area (Å²) in [4.78, 5) is 25.7. The third-order valence-corrected chi connectivity index (χ3v) is 2.99. The van der Waals surface area contributed by atoms with Gasteiger partial charge in [0, 0.05) is 23.9 Å². The summed E-state index contributed by atoms with van der Waals surface area (Å²) in [6, 6.07) is 10.1. The minimum Gasteiger partial charge on any atom is -0.340 e. The largest absolute Gasteiger partial charge is 0.340 e. The Morgan fingerprint density at radius 2 is 1.83 bits per heavy atom. The second-order valence-corrected chi connectivity index (χ2v) is 5.51. The Labute approximate surface area is 133 Å². The van der Waals surface area contributed by atoms with Gasteiger partial charge in [-0.25, -0.2) is 4.98 Å². The minimum atomic E-state index is -0.495. The summed E-state index contributed by atoms with van der Waals surface area (Å²) in [5, 5.41) is 16.4. The molecule has 1 aromatic carbocycles. The summed E-state index contributed by atoms with van der Waals surface area (Å²) in [6.07, 6.45) is 1.68. The number of carbonyl (C=O) groups is 1. The van der Waals surface area contributed by atoms with E-state index in [1.54, 1.807) is 24.3 Å². The quantitative estimate of drug-likeness (QED) is 0.625. The maximum absolute atomic E-state index is 11.7. The molecule has 0 saturated carbocycles. The van der Waals surface area contributed by atoms with Gasteiger partial charge in [-0.2, -0.15) is 0 Å². The molecule has 0 aliphatic rings. The molecule has 1 heterocycles. The molecular weight excluding hydrogens is 296 g/mol. The van der Waals surface area contributed by atoms with Crippen molar-refractivity contribution >= 4 is 28.8 Å². The highest BCUT2D eigenvalue weighted by Crippen LogP contribution is 2.19. The first-order chi connectivity index (χ1) is 10.9. The molecule has 0 unspecified atom stereocenters. The van der Waals surface area contributed by atoms with Crippen molar-refractivity contribution in [3.63, 3.8) is 0 Å². The van der Waals surface area contributed by atoms with Gasteiger partial charge < -0.3 is 10.6 Å². The number of hydrogen-bond donors (Lipinski definition) is 2. The van der Waals surface area contributed by atoms with Crippen LogP contribution in [0.2, 0.25) is 0 Å². The number of nitrogens with one attached hydrogen (secondary N) is 2. The average molecular weight is 314 g/mol. The van der Waals surface area contributed by atoms with E-state index in [0.717, 1.165) is 11.4 Å². The molecular formula is C16H18N4O3. The van der Waals surface area contributed by atoms with Crippen LogP contribution in [0.3, 0.4) is 0 Å². The number of anilines is 3. The fourth-order valence-corrected chi connectivity index (χ4v) is 1.94. The second kappa shape index (κ2) is 7.35. The van der Waals surface area contributed by atoms with Crippen molar-refractivity contribution < 1.29 is 9.72 Å². The molecule has 0 spiro atoms. The standard InChI is InChI=1S/C16H18N4O3/c1-11(2)9-16(21)19-13-5-3-12(4-6-13)18-15-8-7-14(10-17-15)20(22)23/h3-8,10-11H,9H2,1-2H3,(H,17,18)(H,19,21). The predicted octanol–water partition coefficient (Wildman–Crippen LogP) is 3.72. The molecule has 0 fully saturated rings. The Hall–Kier alpha value is -2.96. The van der Waals surface area contributed by atoms with Crippen molar-refractivity contribution in [2.45, 2.75) is 20.3 Å². The summed E-state index contributed by atoms with van der Waals surface area (Å²) in [7, 11) is 0. The van der Waals surface area contributed by atoms with Crippen molar-refractivity contribution in [3.05, 3.63) is 52.7 Å². The smallest absolute Gasteiger partial charge is 0.287 e. The van der Waals surface area contributed by atoms with Crippen LogP contribution in [0.4, 0.5) is 22.9 Å². The molecule has 120 valence electrons. The van der Waals surface area contributed by atoms with Gasteiger partial charge in [0.25, 0.3) is 5.69 Å². The lowest BCUT2D eigenvalue weighted by Crippen LogP contribution is -2.13. The number of amides is 1. The number of carbonyl (C=O) groups excluding carboxylic acids is 1. The third-order valence-electron chi connectivity index (χ3n) is 2.99. The topological polar surface area (TPSA) is 97.2 Å². The van der Waals surface area contributed by atoms with E-state index in [9.17, 15) is 14.9 Å². The molecule has 0 saturated heterocycles.